The highest BCUT2D eigenvalue weighted by atomic mass is 16.3. The van der Waals surface area contributed by atoms with Crippen molar-refractivity contribution in [3.8, 4) is 5.75 Å². The summed E-state index contributed by atoms with van der Waals surface area (Å²) in [6, 6.07) is 9.94. The first-order valence-corrected chi connectivity index (χ1v) is 4.37. The molecule has 0 aromatic heterocycles. The van der Waals surface area contributed by atoms with E-state index in [1.807, 2.05) is 13.0 Å². The van der Waals surface area contributed by atoms with Crippen LogP contribution in [-0.4, -0.2) is 13.0 Å². The zero-order valence-corrected chi connectivity index (χ0v) is 7.83. The van der Waals surface area contributed by atoms with E-state index in [-0.39, 0.29) is 0 Å². The minimum absolute atomic E-state index is 0.372. The highest BCUT2D eigenvalue weighted by Crippen LogP contribution is 2.24. The largest absolute Gasteiger partial charge is 0.508 e. The van der Waals surface area contributed by atoms with Crippen molar-refractivity contribution in [3.05, 3.63) is 35.9 Å². The predicted molar refractivity (Wildman–Crippen MR) is 58.5 cm³/mol. The first-order valence-electron chi connectivity index (χ1n) is 4.37. The van der Waals surface area contributed by atoms with Gasteiger partial charge in [-0.15, -0.1) is 0 Å². The van der Waals surface area contributed by atoms with Crippen molar-refractivity contribution in [2.75, 3.05) is 0 Å². The van der Waals surface area contributed by atoms with E-state index in [9.17, 15) is 5.11 Å². The Morgan fingerprint density at radius 3 is 2.69 bits per heavy atom. The second kappa shape index (κ2) is 2.80. The van der Waals surface area contributed by atoms with Crippen LogP contribution in [0.15, 0.2) is 30.3 Å². The van der Waals surface area contributed by atoms with Gasteiger partial charge in [-0.1, -0.05) is 29.7 Å². The van der Waals surface area contributed by atoms with Gasteiger partial charge in [-0.2, -0.15) is 0 Å². The Bertz CT molecular complexity index is 463. The zero-order valence-electron chi connectivity index (χ0n) is 7.83. The standard InChI is InChI=1S/C11H11BO/c1-7-10-4-3-9(12)6-8(10)2-5-11(7)13/h2-6,13H,12H2,1H3. The minimum Gasteiger partial charge on any atom is -0.508 e. The molecule has 2 aromatic carbocycles. The van der Waals surface area contributed by atoms with Gasteiger partial charge in [0.25, 0.3) is 0 Å². The average molecular weight is 170 g/mol. The SMILES string of the molecule is Bc1ccc2c(C)c(O)ccc2c1. The summed E-state index contributed by atoms with van der Waals surface area (Å²) in [6.07, 6.45) is 0. The lowest BCUT2D eigenvalue weighted by Crippen LogP contribution is -1.99. The molecule has 0 amide bonds. The van der Waals surface area contributed by atoms with E-state index < -0.39 is 0 Å². The lowest BCUT2D eigenvalue weighted by molar-refractivity contribution is 0.472. The quantitative estimate of drug-likeness (QED) is 0.587. The fourth-order valence-corrected chi connectivity index (χ4v) is 1.59. The van der Waals surface area contributed by atoms with Gasteiger partial charge in [-0.3, -0.25) is 0 Å². The maximum absolute atomic E-state index is 9.49. The first-order chi connectivity index (χ1) is 6.18. The molecule has 0 atom stereocenters. The molecule has 2 rings (SSSR count). The molecular formula is C11H11BO. The molecule has 0 saturated carbocycles. The van der Waals surface area contributed by atoms with Gasteiger partial charge in [0.15, 0.2) is 0 Å². The van der Waals surface area contributed by atoms with Crippen molar-refractivity contribution in [1.29, 1.82) is 0 Å². The van der Waals surface area contributed by atoms with Gasteiger partial charge < -0.3 is 5.11 Å². The molecule has 1 nitrogen and oxygen atoms in total. The van der Waals surface area contributed by atoms with Gasteiger partial charge in [0.1, 0.15) is 13.6 Å². The highest BCUT2D eigenvalue weighted by Gasteiger charge is 2.01. The molecule has 0 fully saturated rings. The van der Waals surface area contributed by atoms with Crippen LogP contribution in [0.4, 0.5) is 0 Å². The Hall–Kier alpha value is -1.44. The van der Waals surface area contributed by atoms with E-state index in [2.05, 4.69) is 26.0 Å². The lowest BCUT2D eigenvalue weighted by Gasteiger charge is -2.04. The fourth-order valence-electron chi connectivity index (χ4n) is 1.59. The Morgan fingerprint density at radius 2 is 1.92 bits per heavy atom. The van der Waals surface area contributed by atoms with Gasteiger partial charge in [0, 0.05) is 0 Å². The third-order valence-corrected chi connectivity index (χ3v) is 2.42. The van der Waals surface area contributed by atoms with E-state index in [1.165, 1.54) is 10.8 Å². The van der Waals surface area contributed by atoms with Crippen molar-refractivity contribution >= 4 is 24.1 Å². The summed E-state index contributed by atoms with van der Waals surface area (Å²) >= 11 is 0. The maximum Gasteiger partial charge on any atom is 0.139 e. The van der Waals surface area contributed by atoms with Crippen LogP contribution >= 0.6 is 0 Å². The summed E-state index contributed by atoms with van der Waals surface area (Å²) in [5.74, 6) is 0.372. The molecule has 0 unspecified atom stereocenters. The minimum atomic E-state index is 0.372. The van der Waals surface area contributed by atoms with Crippen LogP contribution in [-0.2, 0) is 0 Å². The van der Waals surface area contributed by atoms with E-state index >= 15 is 0 Å². The Morgan fingerprint density at radius 1 is 1.15 bits per heavy atom. The number of rotatable bonds is 0. The van der Waals surface area contributed by atoms with Crippen LogP contribution in [0.2, 0.25) is 0 Å². The lowest BCUT2D eigenvalue weighted by atomic mass is 9.92. The maximum atomic E-state index is 9.49. The van der Waals surface area contributed by atoms with E-state index in [4.69, 9.17) is 0 Å². The zero-order chi connectivity index (χ0) is 9.42. The number of aromatic hydroxyl groups is 1. The number of benzene rings is 2. The molecule has 0 radical (unpaired) electrons. The summed E-state index contributed by atoms with van der Waals surface area (Å²) in [5, 5.41) is 11.8. The smallest absolute Gasteiger partial charge is 0.139 e. The Kier molecular flexibility index (Phi) is 1.76. The van der Waals surface area contributed by atoms with Crippen LogP contribution in [0.3, 0.4) is 0 Å². The molecule has 0 aliphatic carbocycles. The number of phenols is 1. The number of hydrogen-bond donors (Lipinski definition) is 1. The van der Waals surface area contributed by atoms with Crippen molar-refractivity contribution < 1.29 is 5.11 Å². The molecule has 0 bridgehead atoms. The summed E-state index contributed by atoms with van der Waals surface area (Å²) < 4.78 is 0. The monoisotopic (exact) mass is 170 g/mol. The Balaban J connectivity index is 2.87. The normalized spacial score (nSPS) is 10.5. The van der Waals surface area contributed by atoms with E-state index in [0.717, 1.165) is 10.9 Å². The van der Waals surface area contributed by atoms with E-state index in [0.29, 0.717) is 5.75 Å². The summed E-state index contributed by atoms with van der Waals surface area (Å²) in [4.78, 5) is 0. The van der Waals surface area contributed by atoms with Gasteiger partial charge in [-0.25, -0.2) is 0 Å². The number of aryl methyl sites for hydroxylation is 1. The molecule has 2 aromatic rings. The fraction of sp³-hybridized carbons (Fsp3) is 0.0909. The molecule has 0 saturated heterocycles. The first kappa shape index (κ1) is 8.18. The predicted octanol–water partition coefficient (Wildman–Crippen LogP) is 1.11. The average Bonchev–Trinajstić information content (AvgIpc) is 2.12. The van der Waals surface area contributed by atoms with Gasteiger partial charge >= 0.3 is 0 Å². The second-order valence-electron chi connectivity index (χ2n) is 3.43. The highest BCUT2D eigenvalue weighted by molar-refractivity contribution is 6.33. The molecule has 64 valence electrons. The van der Waals surface area contributed by atoms with Crippen LogP contribution in [0.5, 0.6) is 5.75 Å². The summed E-state index contributed by atoms with van der Waals surface area (Å²) in [6.45, 7) is 1.94. The van der Waals surface area contributed by atoms with Crippen molar-refractivity contribution in [2.24, 2.45) is 0 Å². The molecular weight excluding hydrogens is 159 g/mol. The van der Waals surface area contributed by atoms with Crippen molar-refractivity contribution in [1.82, 2.24) is 0 Å². The van der Waals surface area contributed by atoms with E-state index in [1.54, 1.807) is 6.07 Å². The van der Waals surface area contributed by atoms with Crippen molar-refractivity contribution in [2.45, 2.75) is 6.92 Å². The Labute approximate surface area is 78.4 Å². The van der Waals surface area contributed by atoms with Gasteiger partial charge in [0.2, 0.25) is 0 Å². The molecule has 2 heteroatoms. The second-order valence-corrected chi connectivity index (χ2v) is 3.43. The molecule has 0 aliphatic heterocycles. The third kappa shape index (κ3) is 1.28. The molecule has 1 N–H and O–H groups in total. The molecule has 0 aliphatic rings. The molecule has 0 heterocycles. The van der Waals surface area contributed by atoms with Gasteiger partial charge in [-0.05, 0) is 29.3 Å². The molecule has 0 spiro atoms. The third-order valence-electron chi connectivity index (χ3n) is 2.42. The number of phenolic OH excluding ortho intramolecular Hbond substituents is 1. The molecule has 13 heavy (non-hydrogen) atoms. The van der Waals surface area contributed by atoms with Gasteiger partial charge in [0.05, 0.1) is 0 Å². The summed E-state index contributed by atoms with van der Waals surface area (Å²) in [7, 11) is 2.07. The summed E-state index contributed by atoms with van der Waals surface area (Å²) in [5.41, 5.74) is 2.20. The van der Waals surface area contributed by atoms with Crippen LogP contribution in [0, 0.1) is 6.92 Å². The number of fused-ring (bicyclic) bond motifs is 1. The van der Waals surface area contributed by atoms with Crippen molar-refractivity contribution in [3.63, 3.8) is 0 Å². The van der Waals surface area contributed by atoms with Crippen LogP contribution < -0.4 is 5.46 Å². The van der Waals surface area contributed by atoms with Crippen LogP contribution in [0.25, 0.3) is 10.8 Å². The number of hydrogen-bond acceptors (Lipinski definition) is 1. The van der Waals surface area contributed by atoms with Crippen LogP contribution in [0.1, 0.15) is 5.56 Å². The topological polar surface area (TPSA) is 20.2 Å².